The summed E-state index contributed by atoms with van der Waals surface area (Å²) in [5.41, 5.74) is 5.33. The lowest BCUT2D eigenvalue weighted by molar-refractivity contribution is 0.0965. The summed E-state index contributed by atoms with van der Waals surface area (Å²) < 4.78 is 6.48. The lowest BCUT2D eigenvalue weighted by atomic mass is 10.0. The van der Waals surface area contributed by atoms with Crippen molar-refractivity contribution < 1.29 is 9.53 Å². The number of nitrogens with zero attached hydrogens (tertiary/aromatic N) is 3. The number of aromatic nitrogens is 1. The largest absolute Gasteiger partial charge is 0.488 e. The smallest absolute Gasteiger partial charge is 0.253 e. The van der Waals surface area contributed by atoms with Crippen LogP contribution in [0.1, 0.15) is 46.4 Å². The molecule has 0 spiro atoms. The minimum Gasteiger partial charge on any atom is -0.488 e. The molecule has 3 aliphatic rings. The zero-order valence-electron chi connectivity index (χ0n) is 17.2. The van der Waals surface area contributed by atoms with E-state index in [1.165, 1.54) is 17.7 Å². The van der Waals surface area contributed by atoms with Crippen LogP contribution in [-0.2, 0) is 13.0 Å². The molecular weight excluding hydrogens is 364 g/mol. The van der Waals surface area contributed by atoms with Crippen molar-refractivity contribution >= 4 is 17.4 Å². The number of para-hydroxylation sites is 1. The third-order valence-electron chi connectivity index (χ3n) is 6.37. The second kappa shape index (κ2) is 7.25. The Balaban J connectivity index is 1.28. The minimum atomic E-state index is -0.00887. The van der Waals surface area contributed by atoms with Gasteiger partial charge in [-0.3, -0.25) is 4.79 Å². The second-order valence-corrected chi connectivity index (χ2v) is 8.40. The van der Waals surface area contributed by atoms with Gasteiger partial charge in [-0.15, -0.1) is 0 Å². The van der Waals surface area contributed by atoms with Gasteiger partial charge in [0.25, 0.3) is 5.91 Å². The van der Waals surface area contributed by atoms with Crippen molar-refractivity contribution in [3.8, 4) is 5.75 Å². The third-order valence-corrected chi connectivity index (χ3v) is 6.37. The SMILES string of the molecule is Cc1cc2c(nc1N1CCC(Oc3cccc4c3N(C)CCC4)CC1)CNC2=O. The van der Waals surface area contributed by atoms with E-state index < -0.39 is 0 Å². The molecule has 1 aromatic heterocycles. The van der Waals surface area contributed by atoms with E-state index in [0.717, 1.165) is 67.3 Å². The average Bonchev–Trinajstić information content (AvgIpc) is 3.08. The summed E-state index contributed by atoms with van der Waals surface area (Å²) in [7, 11) is 2.16. The third kappa shape index (κ3) is 3.30. The van der Waals surface area contributed by atoms with Crippen LogP contribution in [0.4, 0.5) is 11.5 Å². The van der Waals surface area contributed by atoms with Crippen LogP contribution in [-0.4, -0.2) is 43.7 Å². The van der Waals surface area contributed by atoms with Gasteiger partial charge in [-0.05, 0) is 43.0 Å². The van der Waals surface area contributed by atoms with E-state index in [9.17, 15) is 4.79 Å². The summed E-state index contributed by atoms with van der Waals surface area (Å²) in [5.74, 6) is 2.03. The van der Waals surface area contributed by atoms with E-state index in [0.29, 0.717) is 6.54 Å². The zero-order valence-corrected chi connectivity index (χ0v) is 17.2. The quantitative estimate of drug-likeness (QED) is 0.870. The topological polar surface area (TPSA) is 57.7 Å². The Morgan fingerprint density at radius 2 is 2.03 bits per heavy atom. The number of pyridine rings is 1. The number of hydrogen-bond acceptors (Lipinski definition) is 5. The van der Waals surface area contributed by atoms with Gasteiger partial charge in [0, 0.05) is 39.5 Å². The van der Waals surface area contributed by atoms with Crippen LogP contribution in [0, 0.1) is 6.92 Å². The van der Waals surface area contributed by atoms with Crippen molar-refractivity contribution in [2.75, 3.05) is 36.5 Å². The molecule has 4 heterocycles. The molecule has 0 saturated carbocycles. The summed E-state index contributed by atoms with van der Waals surface area (Å²) in [4.78, 5) is 21.3. The number of carbonyl (C=O) groups is 1. The van der Waals surface area contributed by atoms with E-state index in [-0.39, 0.29) is 12.0 Å². The Morgan fingerprint density at radius 3 is 2.86 bits per heavy atom. The normalized spacial score (nSPS) is 19.0. The number of benzene rings is 1. The van der Waals surface area contributed by atoms with Gasteiger partial charge in [-0.1, -0.05) is 12.1 Å². The maximum atomic E-state index is 11.9. The molecule has 152 valence electrons. The van der Waals surface area contributed by atoms with Gasteiger partial charge in [0.05, 0.1) is 23.5 Å². The van der Waals surface area contributed by atoms with Crippen molar-refractivity contribution in [1.82, 2.24) is 10.3 Å². The minimum absolute atomic E-state index is 0.00887. The molecule has 0 aliphatic carbocycles. The highest BCUT2D eigenvalue weighted by molar-refractivity contribution is 5.98. The van der Waals surface area contributed by atoms with Crippen molar-refractivity contribution in [2.24, 2.45) is 0 Å². The number of hydrogen-bond donors (Lipinski definition) is 1. The van der Waals surface area contributed by atoms with Gasteiger partial charge in [-0.2, -0.15) is 0 Å². The molecule has 1 amide bonds. The molecule has 1 aromatic carbocycles. The Bertz CT molecular complexity index is 950. The summed E-state index contributed by atoms with van der Waals surface area (Å²) in [6, 6.07) is 8.44. The van der Waals surface area contributed by atoms with Gasteiger partial charge >= 0.3 is 0 Å². The second-order valence-electron chi connectivity index (χ2n) is 8.40. The van der Waals surface area contributed by atoms with E-state index >= 15 is 0 Å². The molecule has 1 fully saturated rings. The molecule has 2 aromatic rings. The van der Waals surface area contributed by atoms with Gasteiger partial charge in [-0.25, -0.2) is 4.98 Å². The summed E-state index contributed by atoms with van der Waals surface area (Å²) in [5, 5.41) is 2.86. The summed E-state index contributed by atoms with van der Waals surface area (Å²) in [6.07, 6.45) is 4.52. The number of piperidine rings is 1. The molecule has 1 saturated heterocycles. The lowest BCUT2D eigenvalue weighted by Gasteiger charge is -2.35. The fourth-order valence-corrected chi connectivity index (χ4v) is 4.83. The predicted molar refractivity (Wildman–Crippen MR) is 114 cm³/mol. The van der Waals surface area contributed by atoms with E-state index in [4.69, 9.17) is 9.72 Å². The molecule has 3 aliphatic heterocycles. The first-order valence-electron chi connectivity index (χ1n) is 10.6. The van der Waals surface area contributed by atoms with Crippen molar-refractivity contribution in [3.05, 3.63) is 46.6 Å². The molecule has 6 heteroatoms. The summed E-state index contributed by atoms with van der Waals surface area (Å²) >= 11 is 0. The number of carbonyl (C=O) groups excluding carboxylic acids is 1. The van der Waals surface area contributed by atoms with Crippen molar-refractivity contribution in [2.45, 2.75) is 45.3 Å². The van der Waals surface area contributed by atoms with Crippen LogP contribution in [0.3, 0.4) is 0 Å². The van der Waals surface area contributed by atoms with Gasteiger partial charge in [0.2, 0.25) is 0 Å². The number of fused-ring (bicyclic) bond motifs is 2. The first kappa shape index (κ1) is 18.3. The maximum absolute atomic E-state index is 11.9. The van der Waals surface area contributed by atoms with Crippen molar-refractivity contribution in [1.29, 1.82) is 0 Å². The first-order chi connectivity index (χ1) is 14.1. The molecule has 0 atom stereocenters. The maximum Gasteiger partial charge on any atom is 0.253 e. The van der Waals surface area contributed by atoms with E-state index in [1.54, 1.807) is 0 Å². The number of rotatable bonds is 3. The Morgan fingerprint density at radius 1 is 1.21 bits per heavy atom. The van der Waals surface area contributed by atoms with Crippen LogP contribution in [0.2, 0.25) is 0 Å². The Labute approximate surface area is 171 Å². The average molecular weight is 393 g/mol. The molecule has 6 nitrogen and oxygen atoms in total. The fraction of sp³-hybridized carbons (Fsp3) is 0.478. The standard InChI is InChI=1S/C23H28N4O2/c1-15-13-18-19(14-24-23(18)28)25-22(15)27-11-8-17(9-12-27)29-20-7-3-5-16-6-4-10-26(2)21(16)20/h3,5,7,13,17H,4,6,8-12,14H2,1-2H3,(H,24,28). The molecular formula is C23H28N4O2. The van der Waals surface area contributed by atoms with Crippen LogP contribution in [0.25, 0.3) is 0 Å². The Kier molecular flexibility index (Phi) is 4.57. The number of anilines is 2. The number of aryl methyl sites for hydroxylation is 2. The van der Waals surface area contributed by atoms with Crippen LogP contribution < -0.4 is 19.9 Å². The predicted octanol–water partition coefficient (Wildman–Crippen LogP) is 3.06. The van der Waals surface area contributed by atoms with Gasteiger partial charge in [0.1, 0.15) is 17.7 Å². The number of nitrogens with one attached hydrogen (secondary N) is 1. The monoisotopic (exact) mass is 392 g/mol. The van der Waals surface area contributed by atoms with E-state index in [2.05, 4.69) is 40.4 Å². The highest BCUT2D eigenvalue weighted by atomic mass is 16.5. The Hall–Kier alpha value is -2.76. The molecule has 0 bridgehead atoms. The molecule has 1 N–H and O–H groups in total. The fourth-order valence-electron chi connectivity index (χ4n) is 4.83. The van der Waals surface area contributed by atoms with Crippen LogP contribution in [0.15, 0.2) is 24.3 Å². The first-order valence-corrected chi connectivity index (χ1v) is 10.6. The lowest BCUT2D eigenvalue weighted by Crippen LogP contribution is -2.39. The van der Waals surface area contributed by atoms with Gasteiger partial charge in [0.15, 0.2) is 0 Å². The number of amides is 1. The molecule has 0 radical (unpaired) electrons. The van der Waals surface area contributed by atoms with Crippen LogP contribution >= 0.6 is 0 Å². The van der Waals surface area contributed by atoms with Crippen molar-refractivity contribution in [3.63, 3.8) is 0 Å². The van der Waals surface area contributed by atoms with Crippen LogP contribution in [0.5, 0.6) is 5.75 Å². The molecule has 5 rings (SSSR count). The summed E-state index contributed by atoms with van der Waals surface area (Å²) in [6.45, 7) is 5.51. The van der Waals surface area contributed by atoms with E-state index in [1.807, 2.05) is 13.0 Å². The molecule has 0 unspecified atom stereocenters. The van der Waals surface area contributed by atoms with Gasteiger partial charge < -0.3 is 19.9 Å². The number of ether oxygens (including phenoxy) is 1. The zero-order chi connectivity index (χ0) is 20.0. The molecule has 29 heavy (non-hydrogen) atoms. The highest BCUT2D eigenvalue weighted by Crippen LogP contribution is 2.37. The highest BCUT2D eigenvalue weighted by Gasteiger charge is 2.27.